The van der Waals surface area contributed by atoms with E-state index in [0.29, 0.717) is 17.3 Å². The zero-order chi connectivity index (χ0) is 25.9. The number of carbonyl (C=O) groups excluding carboxylic acids is 1. The van der Waals surface area contributed by atoms with Crippen molar-refractivity contribution >= 4 is 22.6 Å². The Balaban J connectivity index is 1.54. The number of anilines is 1. The lowest BCUT2D eigenvalue weighted by Gasteiger charge is -2.14. The van der Waals surface area contributed by atoms with Crippen LogP contribution in [0.4, 0.5) is 5.82 Å². The Labute approximate surface area is 215 Å². The molecule has 0 atom stereocenters. The molecule has 0 unspecified atom stereocenters. The van der Waals surface area contributed by atoms with Crippen LogP contribution in [0.25, 0.3) is 33.4 Å². The van der Waals surface area contributed by atoms with Gasteiger partial charge in [0.15, 0.2) is 11.5 Å². The van der Waals surface area contributed by atoms with Gasteiger partial charge in [-0.25, -0.2) is 9.97 Å². The lowest BCUT2D eigenvalue weighted by molar-refractivity contribution is 0.0946. The Kier molecular flexibility index (Phi) is 6.60. The van der Waals surface area contributed by atoms with Crippen molar-refractivity contribution in [3.05, 3.63) is 102 Å². The summed E-state index contributed by atoms with van der Waals surface area (Å²) in [4.78, 5) is 31.8. The minimum atomic E-state index is -0.399. The molecule has 0 spiro atoms. The molecule has 0 saturated carbocycles. The van der Waals surface area contributed by atoms with Gasteiger partial charge in [0.1, 0.15) is 0 Å². The molecule has 2 aromatic carbocycles. The van der Waals surface area contributed by atoms with E-state index >= 15 is 0 Å². The summed E-state index contributed by atoms with van der Waals surface area (Å²) in [6.07, 6.45) is 1.76. The van der Waals surface area contributed by atoms with Crippen LogP contribution in [-0.2, 0) is 6.54 Å². The number of nitrogen functional groups attached to an aromatic ring is 1. The predicted octanol–water partition coefficient (Wildman–Crippen LogP) is 5.70. The molecule has 0 radical (unpaired) electrons. The van der Waals surface area contributed by atoms with Gasteiger partial charge in [0.2, 0.25) is 0 Å². The third kappa shape index (κ3) is 5.02. The second-order valence-electron chi connectivity index (χ2n) is 9.27. The molecule has 7 nitrogen and oxygen atoms in total. The molecule has 1 amide bonds. The van der Waals surface area contributed by atoms with Crippen molar-refractivity contribution < 1.29 is 4.79 Å². The van der Waals surface area contributed by atoms with Crippen LogP contribution < -0.4 is 11.1 Å². The first-order valence-electron chi connectivity index (χ1n) is 12.2. The number of hydrogen-bond donors (Lipinski definition) is 2. The van der Waals surface area contributed by atoms with E-state index in [-0.39, 0.29) is 18.1 Å². The minimum absolute atomic E-state index is 0.0724. The summed E-state index contributed by atoms with van der Waals surface area (Å²) in [6, 6.07) is 23.5. The number of amides is 1. The smallest absolute Gasteiger partial charge is 0.274 e. The number of aromatic nitrogens is 4. The third-order valence-electron chi connectivity index (χ3n) is 6.29. The summed E-state index contributed by atoms with van der Waals surface area (Å²) < 4.78 is 0. The molecule has 0 aliphatic heterocycles. The predicted molar refractivity (Wildman–Crippen MR) is 147 cm³/mol. The van der Waals surface area contributed by atoms with Crippen molar-refractivity contribution in [3.8, 4) is 22.5 Å². The van der Waals surface area contributed by atoms with Crippen LogP contribution in [0.1, 0.15) is 47.2 Å². The van der Waals surface area contributed by atoms with Gasteiger partial charge in [0.25, 0.3) is 5.91 Å². The average molecular weight is 489 g/mol. The Hall–Kier alpha value is -4.65. The maximum Gasteiger partial charge on any atom is 0.274 e. The molecule has 184 valence electrons. The van der Waals surface area contributed by atoms with Crippen molar-refractivity contribution in [2.75, 3.05) is 5.73 Å². The van der Waals surface area contributed by atoms with E-state index < -0.39 is 5.91 Å². The quantitative estimate of drug-likeness (QED) is 0.318. The number of benzene rings is 2. The monoisotopic (exact) mass is 488 g/mol. The number of carbonyl (C=O) groups is 1. The van der Waals surface area contributed by atoms with Gasteiger partial charge in [-0.3, -0.25) is 14.8 Å². The largest absolute Gasteiger partial charge is 0.382 e. The number of nitrogens with one attached hydrogen (secondary N) is 1. The van der Waals surface area contributed by atoms with Crippen LogP contribution >= 0.6 is 0 Å². The molecule has 0 aliphatic rings. The highest BCUT2D eigenvalue weighted by atomic mass is 16.1. The van der Waals surface area contributed by atoms with Gasteiger partial charge in [-0.2, -0.15) is 0 Å². The Morgan fingerprint density at radius 1 is 0.892 bits per heavy atom. The maximum atomic E-state index is 13.3. The third-order valence-corrected chi connectivity index (χ3v) is 6.29. The number of nitrogens with two attached hydrogens (primary N) is 1. The molecule has 37 heavy (non-hydrogen) atoms. The van der Waals surface area contributed by atoms with Crippen molar-refractivity contribution in [2.45, 2.75) is 33.2 Å². The fraction of sp³-hybridized carbons (Fsp3) is 0.167. The average Bonchev–Trinajstić information content (AvgIpc) is 2.92. The highest BCUT2D eigenvalue weighted by Crippen LogP contribution is 2.32. The fourth-order valence-corrected chi connectivity index (χ4v) is 4.17. The number of aryl methyl sites for hydroxylation is 1. The number of rotatable bonds is 6. The number of fused-ring (bicyclic) bond motifs is 1. The SMILES string of the molecule is Cc1ccc(C(C)C)nc1CNC(=O)c1nc(-c2ccc3ncccc3c2)c(-c2ccccc2)nc1N. The Bertz CT molecular complexity index is 1600. The van der Waals surface area contributed by atoms with Gasteiger partial charge in [-0.15, -0.1) is 0 Å². The molecule has 7 heteroatoms. The second kappa shape index (κ2) is 10.1. The first-order chi connectivity index (χ1) is 17.9. The van der Waals surface area contributed by atoms with E-state index in [4.69, 9.17) is 15.7 Å². The second-order valence-corrected chi connectivity index (χ2v) is 9.27. The topological polar surface area (TPSA) is 107 Å². The van der Waals surface area contributed by atoms with Gasteiger partial charge >= 0.3 is 0 Å². The van der Waals surface area contributed by atoms with E-state index in [9.17, 15) is 4.79 Å². The number of hydrogen-bond acceptors (Lipinski definition) is 6. The van der Waals surface area contributed by atoms with Crippen LogP contribution in [0, 0.1) is 6.92 Å². The standard InChI is InChI=1S/C30H28N6O/c1-18(2)23-13-11-19(3)25(34-23)17-33-30(37)28-29(31)36-26(20-8-5-4-6-9-20)27(35-28)22-12-14-24-21(16-22)10-7-15-32-24/h4-16,18H,17H2,1-3H3,(H2,31,36)(H,33,37). The van der Waals surface area contributed by atoms with E-state index in [1.54, 1.807) is 6.20 Å². The van der Waals surface area contributed by atoms with E-state index in [2.05, 4.69) is 29.1 Å². The molecular formula is C30H28N6O. The van der Waals surface area contributed by atoms with Crippen LogP contribution in [0.15, 0.2) is 79.0 Å². The minimum Gasteiger partial charge on any atom is -0.382 e. The van der Waals surface area contributed by atoms with Crippen LogP contribution in [0.2, 0.25) is 0 Å². The lowest BCUT2D eigenvalue weighted by Crippen LogP contribution is -2.26. The van der Waals surface area contributed by atoms with E-state index in [1.165, 1.54) is 0 Å². The summed E-state index contributed by atoms with van der Waals surface area (Å²) in [5, 5.41) is 3.90. The van der Waals surface area contributed by atoms with E-state index in [0.717, 1.165) is 39.0 Å². The molecule has 3 aromatic heterocycles. The van der Waals surface area contributed by atoms with Gasteiger partial charge < -0.3 is 11.1 Å². The highest BCUT2D eigenvalue weighted by molar-refractivity contribution is 5.98. The van der Waals surface area contributed by atoms with Crippen molar-refractivity contribution in [3.63, 3.8) is 0 Å². The van der Waals surface area contributed by atoms with Crippen molar-refractivity contribution in [1.29, 1.82) is 0 Å². The first kappa shape index (κ1) is 24.1. The Morgan fingerprint density at radius 3 is 2.46 bits per heavy atom. The molecule has 0 aliphatic carbocycles. The van der Waals surface area contributed by atoms with Crippen LogP contribution in [-0.4, -0.2) is 25.8 Å². The van der Waals surface area contributed by atoms with Gasteiger partial charge in [-0.05, 0) is 42.7 Å². The first-order valence-corrected chi connectivity index (χ1v) is 12.2. The van der Waals surface area contributed by atoms with Gasteiger partial charge in [0.05, 0.1) is 29.1 Å². The zero-order valence-electron chi connectivity index (χ0n) is 21.1. The molecule has 3 heterocycles. The highest BCUT2D eigenvalue weighted by Gasteiger charge is 2.20. The molecule has 5 aromatic rings. The summed E-state index contributed by atoms with van der Waals surface area (Å²) in [6.45, 7) is 6.43. The fourth-order valence-electron chi connectivity index (χ4n) is 4.17. The van der Waals surface area contributed by atoms with Crippen molar-refractivity contribution in [1.82, 2.24) is 25.3 Å². The number of pyridine rings is 2. The molecule has 0 saturated heterocycles. The van der Waals surface area contributed by atoms with Gasteiger partial charge in [-0.1, -0.05) is 62.4 Å². The maximum absolute atomic E-state index is 13.3. The zero-order valence-corrected chi connectivity index (χ0v) is 21.1. The van der Waals surface area contributed by atoms with Crippen LogP contribution in [0.5, 0.6) is 0 Å². The molecule has 0 fully saturated rings. The van der Waals surface area contributed by atoms with Crippen LogP contribution in [0.3, 0.4) is 0 Å². The van der Waals surface area contributed by atoms with Crippen molar-refractivity contribution in [2.24, 2.45) is 0 Å². The lowest BCUT2D eigenvalue weighted by atomic mass is 10.0. The molecule has 3 N–H and O–H groups in total. The summed E-state index contributed by atoms with van der Waals surface area (Å²) >= 11 is 0. The molecule has 5 rings (SSSR count). The number of nitrogens with zero attached hydrogens (tertiary/aromatic N) is 4. The Morgan fingerprint density at radius 2 is 1.68 bits per heavy atom. The summed E-state index contributed by atoms with van der Waals surface area (Å²) in [5.41, 5.74) is 12.9. The summed E-state index contributed by atoms with van der Waals surface area (Å²) in [5.74, 6) is -0.0329. The van der Waals surface area contributed by atoms with E-state index in [1.807, 2.05) is 79.7 Å². The summed E-state index contributed by atoms with van der Waals surface area (Å²) in [7, 11) is 0. The normalized spacial score (nSPS) is 11.1. The molecular weight excluding hydrogens is 460 g/mol. The molecule has 0 bridgehead atoms. The van der Waals surface area contributed by atoms with Gasteiger partial charge in [0, 0.05) is 28.4 Å².